The highest BCUT2D eigenvalue weighted by Crippen LogP contribution is 2.31. The Balaban J connectivity index is 2.76. The van der Waals surface area contributed by atoms with E-state index >= 15 is 0 Å². The fourth-order valence-electron chi connectivity index (χ4n) is 1.48. The van der Waals surface area contributed by atoms with E-state index in [1.807, 2.05) is 0 Å². The summed E-state index contributed by atoms with van der Waals surface area (Å²) in [4.78, 5) is 21.5. The molecule has 0 fully saturated rings. The van der Waals surface area contributed by atoms with Crippen molar-refractivity contribution in [2.45, 2.75) is 13.0 Å². The van der Waals surface area contributed by atoms with Gasteiger partial charge in [-0.2, -0.15) is 4.89 Å². The fraction of sp³-hybridized carbons (Fsp3) is 0.462. The zero-order chi connectivity index (χ0) is 14.3. The van der Waals surface area contributed by atoms with Gasteiger partial charge in [0.2, 0.25) is 0 Å². The number of carbonyl (C=O) groups excluding carboxylic acids is 1. The Hall–Kier alpha value is -1.79. The molecule has 0 amide bonds. The molecule has 0 radical (unpaired) electrons. The summed E-state index contributed by atoms with van der Waals surface area (Å²) in [5.41, 5.74) is 0.228. The maximum Gasteiger partial charge on any atom is 0.376 e. The van der Waals surface area contributed by atoms with Gasteiger partial charge in [-0.15, -0.1) is 0 Å². The summed E-state index contributed by atoms with van der Waals surface area (Å²) in [6, 6.07) is 4.91. The number of hydrogen-bond acceptors (Lipinski definition) is 6. The van der Waals surface area contributed by atoms with Crippen molar-refractivity contribution in [3.63, 3.8) is 0 Å². The molecule has 0 bridgehead atoms. The van der Waals surface area contributed by atoms with E-state index in [4.69, 9.17) is 24.0 Å². The lowest BCUT2D eigenvalue weighted by Crippen LogP contribution is -2.18. The van der Waals surface area contributed by atoms with Gasteiger partial charge in [-0.25, -0.2) is 4.79 Å². The molecule has 6 nitrogen and oxygen atoms in total. The quantitative estimate of drug-likeness (QED) is 0.556. The third-order valence-electron chi connectivity index (χ3n) is 2.31. The third-order valence-corrected chi connectivity index (χ3v) is 2.31. The second-order valence-corrected chi connectivity index (χ2v) is 3.77. The van der Waals surface area contributed by atoms with E-state index in [1.165, 1.54) is 21.3 Å². The van der Waals surface area contributed by atoms with Crippen LogP contribution in [-0.4, -0.2) is 40.0 Å². The topological polar surface area (TPSA) is 63.2 Å². The lowest BCUT2D eigenvalue weighted by atomic mass is 10.2. The van der Waals surface area contributed by atoms with E-state index in [2.05, 4.69) is 0 Å². The van der Waals surface area contributed by atoms with Gasteiger partial charge >= 0.3 is 5.97 Å². The van der Waals surface area contributed by atoms with Crippen LogP contribution in [0.3, 0.4) is 0 Å². The first-order valence-corrected chi connectivity index (χ1v) is 5.71. The van der Waals surface area contributed by atoms with Gasteiger partial charge in [0.05, 0.1) is 20.8 Å². The molecule has 1 rings (SSSR count). The van der Waals surface area contributed by atoms with Gasteiger partial charge in [0.15, 0.2) is 11.5 Å². The summed E-state index contributed by atoms with van der Waals surface area (Å²) in [5, 5.41) is 0. The van der Waals surface area contributed by atoms with Crippen LogP contribution in [0.2, 0.25) is 0 Å². The van der Waals surface area contributed by atoms with Crippen LogP contribution in [-0.2, 0) is 14.5 Å². The highest BCUT2D eigenvalue weighted by Gasteiger charge is 2.19. The minimum Gasteiger partial charge on any atom is -0.493 e. The van der Waals surface area contributed by atoms with Gasteiger partial charge in [0.25, 0.3) is 0 Å². The molecule has 0 saturated carbocycles. The largest absolute Gasteiger partial charge is 0.493 e. The normalized spacial score (nSPS) is 11.8. The Kier molecular flexibility index (Phi) is 6.11. The van der Waals surface area contributed by atoms with Gasteiger partial charge in [-0.1, -0.05) is 6.07 Å². The second kappa shape index (κ2) is 7.60. The lowest BCUT2D eigenvalue weighted by Gasteiger charge is -2.13. The van der Waals surface area contributed by atoms with E-state index in [-0.39, 0.29) is 11.7 Å². The number of benzene rings is 1. The van der Waals surface area contributed by atoms with E-state index in [1.54, 1.807) is 25.1 Å². The molecule has 0 aliphatic rings. The molecule has 106 valence electrons. The zero-order valence-electron chi connectivity index (χ0n) is 11.5. The van der Waals surface area contributed by atoms with Crippen LogP contribution >= 0.6 is 0 Å². The average Bonchev–Trinajstić information content (AvgIpc) is 2.44. The first kappa shape index (κ1) is 15.3. The molecular formula is C13H18O6. The first-order valence-electron chi connectivity index (χ1n) is 5.71. The Labute approximate surface area is 112 Å². The molecule has 0 aliphatic heterocycles. The van der Waals surface area contributed by atoms with Crippen LogP contribution in [0.15, 0.2) is 18.2 Å². The SMILES string of the molecule is COCC(C)OOC(=O)c1cccc(OC)c1OC. The van der Waals surface area contributed by atoms with Crippen LogP contribution in [0, 0.1) is 0 Å². The molecule has 0 N–H and O–H groups in total. The summed E-state index contributed by atoms with van der Waals surface area (Å²) in [6.45, 7) is 2.04. The summed E-state index contributed by atoms with van der Waals surface area (Å²) >= 11 is 0. The van der Waals surface area contributed by atoms with Crippen molar-refractivity contribution >= 4 is 5.97 Å². The van der Waals surface area contributed by atoms with Crippen LogP contribution in [0.1, 0.15) is 17.3 Å². The van der Waals surface area contributed by atoms with Crippen molar-refractivity contribution in [2.75, 3.05) is 27.9 Å². The molecule has 0 spiro atoms. The summed E-state index contributed by atoms with van der Waals surface area (Å²) in [6.07, 6.45) is -0.356. The zero-order valence-corrected chi connectivity index (χ0v) is 11.5. The first-order chi connectivity index (χ1) is 9.13. The van der Waals surface area contributed by atoms with Crippen molar-refractivity contribution in [1.29, 1.82) is 0 Å². The van der Waals surface area contributed by atoms with E-state index < -0.39 is 5.97 Å². The Morgan fingerprint density at radius 2 is 1.95 bits per heavy atom. The number of para-hydroxylation sites is 1. The standard InChI is InChI=1S/C13H18O6/c1-9(8-15-2)18-19-13(14)10-6-5-7-11(16-3)12(10)17-4/h5-7,9H,8H2,1-4H3. The molecular weight excluding hydrogens is 252 g/mol. The summed E-state index contributed by atoms with van der Waals surface area (Å²) < 4.78 is 15.1. The molecule has 6 heteroatoms. The maximum absolute atomic E-state index is 11.9. The molecule has 0 aliphatic carbocycles. The van der Waals surface area contributed by atoms with Crippen LogP contribution in [0.4, 0.5) is 0 Å². The number of hydrogen-bond donors (Lipinski definition) is 0. The molecule has 19 heavy (non-hydrogen) atoms. The van der Waals surface area contributed by atoms with Gasteiger partial charge in [-0.3, -0.25) is 4.89 Å². The van der Waals surface area contributed by atoms with Gasteiger partial charge in [-0.05, 0) is 19.1 Å². The molecule has 0 saturated heterocycles. The van der Waals surface area contributed by atoms with E-state index in [0.717, 1.165) is 0 Å². The molecule has 1 aromatic rings. The van der Waals surface area contributed by atoms with Gasteiger partial charge in [0, 0.05) is 7.11 Å². The number of rotatable bonds is 7. The lowest BCUT2D eigenvalue weighted by molar-refractivity contribution is -0.276. The van der Waals surface area contributed by atoms with Crippen LogP contribution < -0.4 is 9.47 Å². The summed E-state index contributed by atoms with van der Waals surface area (Å²) in [5.74, 6) is 0.0959. The fourth-order valence-corrected chi connectivity index (χ4v) is 1.48. The number of ether oxygens (including phenoxy) is 3. The minimum atomic E-state index is -0.654. The molecule has 0 heterocycles. The van der Waals surface area contributed by atoms with Gasteiger partial charge in [0.1, 0.15) is 11.7 Å². The smallest absolute Gasteiger partial charge is 0.376 e. The highest BCUT2D eigenvalue weighted by molar-refractivity contribution is 5.93. The second-order valence-electron chi connectivity index (χ2n) is 3.77. The van der Waals surface area contributed by atoms with E-state index in [0.29, 0.717) is 18.1 Å². The Morgan fingerprint density at radius 3 is 2.53 bits per heavy atom. The van der Waals surface area contributed by atoms with E-state index in [9.17, 15) is 4.79 Å². The van der Waals surface area contributed by atoms with Crippen molar-refractivity contribution in [1.82, 2.24) is 0 Å². The monoisotopic (exact) mass is 270 g/mol. The average molecular weight is 270 g/mol. The van der Waals surface area contributed by atoms with Crippen LogP contribution in [0.25, 0.3) is 0 Å². The van der Waals surface area contributed by atoms with Crippen molar-refractivity contribution in [2.24, 2.45) is 0 Å². The van der Waals surface area contributed by atoms with Crippen molar-refractivity contribution < 1.29 is 28.8 Å². The van der Waals surface area contributed by atoms with Gasteiger partial charge < -0.3 is 14.2 Å². The Bertz CT molecular complexity index is 418. The molecule has 1 unspecified atom stereocenters. The molecule has 0 aromatic heterocycles. The third kappa shape index (κ3) is 4.11. The maximum atomic E-state index is 11.9. The van der Waals surface area contributed by atoms with Crippen molar-refractivity contribution in [3.05, 3.63) is 23.8 Å². The molecule has 1 atom stereocenters. The van der Waals surface area contributed by atoms with Crippen LogP contribution in [0.5, 0.6) is 11.5 Å². The summed E-state index contributed by atoms with van der Waals surface area (Å²) in [7, 11) is 4.47. The highest BCUT2D eigenvalue weighted by atomic mass is 17.2. The van der Waals surface area contributed by atoms with Crippen molar-refractivity contribution in [3.8, 4) is 11.5 Å². The predicted octanol–water partition coefficient (Wildman–Crippen LogP) is 1.83. The predicted molar refractivity (Wildman–Crippen MR) is 67.4 cm³/mol. The molecule has 1 aromatic carbocycles. The number of carbonyl (C=O) groups is 1. The number of methoxy groups -OCH3 is 3. The Morgan fingerprint density at radius 1 is 1.21 bits per heavy atom. The minimum absolute atomic E-state index is 0.228.